The average molecular weight is 241 g/mol. The molecule has 2 N–H and O–H groups in total. The molecule has 0 aliphatic carbocycles. The van der Waals surface area contributed by atoms with Crippen LogP contribution in [0.25, 0.3) is 0 Å². The van der Waals surface area contributed by atoms with Gasteiger partial charge in [-0.25, -0.2) is 17.9 Å². The average Bonchev–Trinajstić information content (AvgIpc) is 2.58. The molecule has 0 amide bonds. The normalized spacial score (nSPS) is 10.8. The molecule has 0 bridgehead atoms. The highest BCUT2D eigenvalue weighted by Gasteiger charge is 2.12. The smallest absolute Gasteiger partial charge is 0.161 e. The predicted molar refractivity (Wildman–Crippen MR) is 56.8 cm³/mol. The Morgan fingerprint density at radius 2 is 1.82 bits per heavy atom. The van der Waals surface area contributed by atoms with Crippen LogP contribution in [0.4, 0.5) is 19.0 Å². The highest BCUT2D eigenvalue weighted by molar-refractivity contribution is 5.38. The second kappa shape index (κ2) is 4.12. The predicted octanol–water partition coefficient (Wildman–Crippen LogP) is 2.24. The first-order valence-electron chi connectivity index (χ1n) is 4.90. The van der Waals surface area contributed by atoms with Gasteiger partial charge in [-0.3, -0.25) is 0 Å². The fourth-order valence-electron chi connectivity index (χ4n) is 1.46. The van der Waals surface area contributed by atoms with Gasteiger partial charge in [0.2, 0.25) is 0 Å². The molecule has 0 spiro atoms. The van der Waals surface area contributed by atoms with Crippen LogP contribution in [0.15, 0.2) is 18.3 Å². The molecule has 0 unspecified atom stereocenters. The van der Waals surface area contributed by atoms with Crippen LogP contribution >= 0.6 is 0 Å². The van der Waals surface area contributed by atoms with E-state index in [1.807, 2.05) is 0 Å². The summed E-state index contributed by atoms with van der Waals surface area (Å²) in [4.78, 5) is 0. The second-order valence-corrected chi connectivity index (χ2v) is 3.73. The van der Waals surface area contributed by atoms with Gasteiger partial charge in [0.15, 0.2) is 11.6 Å². The Morgan fingerprint density at radius 1 is 1.18 bits per heavy atom. The lowest BCUT2D eigenvalue weighted by atomic mass is 10.2. The molecule has 17 heavy (non-hydrogen) atoms. The van der Waals surface area contributed by atoms with Crippen LogP contribution in [0, 0.1) is 24.4 Å². The fraction of sp³-hybridized carbons (Fsp3) is 0.182. The summed E-state index contributed by atoms with van der Waals surface area (Å²) in [6, 6.07) is 1.32. The van der Waals surface area contributed by atoms with E-state index in [0.717, 1.165) is 11.6 Å². The van der Waals surface area contributed by atoms with Crippen molar-refractivity contribution < 1.29 is 13.2 Å². The topological polar surface area (TPSA) is 43.8 Å². The van der Waals surface area contributed by atoms with Gasteiger partial charge in [-0.05, 0) is 13.0 Å². The number of aryl methyl sites for hydroxylation is 1. The Labute approximate surface area is 95.7 Å². The number of benzene rings is 1. The molecule has 1 aromatic heterocycles. The van der Waals surface area contributed by atoms with Gasteiger partial charge in [-0.2, -0.15) is 5.10 Å². The Morgan fingerprint density at radius 3 is 2.41 bits per heavy atom. The lowest BCUT2D eigenvalue weighted by Crippen LogP contribution is -2.08. The zero-order chi connectivity index (χ0) is 12.6. The third kappa shape index (κ3) is 2.11. The SMILES string of the molecule is Cc1cnn(Cc2cc(F)c(F)cc2F)c1N. The number of nitrogen functional groups attached to an aromatic ring is 1. The van der Waals surface area contributed by atoms with Gasteiger partial charge in [-0.15, -0.1) is 0 Å². The van der Waals surface area contributed by atoms with Crippen LogP contribution < -0.4 is 5.73 Å². The van der Waals surface area contributed by atoms with Crippen LogP contribution in [-0.4, -0.2) is 9.78 Å². The minimum absolute atomic E-state index is 0.00120. The molecule has 0 saturated carbocycles. The maximum absolute atomic E-state index is 13.4. The zero-order valence-corrected chi connectivity index (χ0v) is 9.04. The molecule has 6 heteroatoms. The monoisotopic (exact) mass is 241 g/mol. The van der Waals surface area contributed by atoms with Crippen molar-refractivity contribution in [3.63, 3.8) is 0 Å². The molecular formula is C11H10F3N3. The number of aromatic nitrogens is 2. The lowest BCUT2D eigenvalue weighted by Gasteiger charge is -2.06. The first kappa shape index (κ1) is 11.5. The summed E-state index contributed by atoms with van der Waals surface area (Å²) in [6.07, 6.45) is 1.52. The van der Waals surface area contributed by atoms with Gasteiger partial charge in [0.05, 0.1) is 12.7 Å². The Hall–Kier alpha value is -1.98. The number of rotatable bonds is 2. The molecule has 90 valence electrons. The van der Waals surface area contributed by atoms with E-state index in [9.17, 15) is 13.2 Å². The van der Waals surface area contributed by atoms with Crippen LogP contribution in [0.1, 0.15) is 11.1 Å². The second-order valence-electron chi connectivity index (χ2n) is 3.73. The Bertz CT molecular complexity index is 563. The van der Waals surface area contributed by atoms with Gasteiger partial charge in [0.25, 0.3) is 0 Å². The molecule has 0 radical (unpaired) electrons. The molecule has 0 aliphatic heterocycles. The molecule has 2 aromatic rings. The first-order valence-corrected chi connectivity index (χ1v) is 4.90. The summed E-state index contributed by atoms with van der Waals surface area (Å²) >= 11 is 0. The van der Waals surface area contributed by atoms with E-state index in [2.05, 4.69) is 5.10 Å². The minimum atomic E-state index is -1.21. The molecule has 0 atom stereocenters. The molecule has 1 heterocycles. The van der Waals surface area contributed by atoms with E-state index < -0.39 is 17.5 Å². The van der Waals surface area contributed by atoms with E-state index in [0.29, 0.717) is 11.9 Å². The van der Waals surface area contributed by atoms with Gasteiger partial charge in [0.1, 0.15) is 11.6 Å². The van der Waals surface area contributed by atoms with E-state index in [-0.39, 0.29) is 12.1 Å². The van der Waals surface area contributed by atoms with Crippen molar-refractivity contribution in [2.75, 3.05) is 5.73 Å². The standard InChI is InChI=1S/C11H10F3N3/c1-6-4-16-17(11(6)15)5-7-2-9(13)10(14)3-8(7)12/h2-4H,5,15H2,1H3. The Balaban J connectivity index is 2.36. The number of nitrogens with two attached hydrogens (primary N) is 1. The van der Waals surface area contributed by atoms with Crippen molar-refractivity contribution in [3.05, 3.63) is 46.9 Å². The van der Waals surface area contributed by atoms with Crippen LogP contribution in [0.2, 0.25) is 0 Å². The van der Waals surface area contributed by atoms with E-state index in [1.165, 1.54) is 10.9 Å². The molecule has 3 nitrogen and oxygen atoms in total. The lowest BCUT2D eigenvalue weighted by molar-refractivity contribution is 0.486. The number of nitrogens with zero attached hydrogens (tertiary/aromatic N) is 2. The third-order valence-corrected chi connectivity index (χ3v) is 2.48. The number of halogens is 3. The van der Waals surface area contributed by atoms with Crippen molar-refractivity contribution in [1.82, 2.24) is 9.78 Å². The van der Waals surface area contributed by atoms with Gasteiger partial charge in [-0.1, -0.05) is 0 Å². The fourth-order valence-corrected chi connectivity index (χ4v) is 1.46. The van der Waals surface area contributed by atoms with Crippen molar-refractivity contribution in [2.24, 2.45) is 0 Å². The van der Waals surface area contributed by atoms with Crippen LogP contribution in [-0.2, 0) is 6.54 Å². The maximum Gasteiger partial charge on any atom is 0.161 e. The molecule has 1 aromatic carbocycles. The minimum Gasteiger partial charge on any atom is -0.384 e. The maximum atomic E-state index is 13.4. The number of hydrogen-bond donors (Lipinski definition) is 1. The molecule has 0 aliphatic rings. The van der Waals surface area contributed by atoms with E-state index >= 15 is 0 Å². The number of anilines is 1. The number of hydrogen-bond acceptors (Lipinski definition) is 2. The van der Waals surface area contributed by atoms with Crippen molar-refractivity contribution >= 4 is 5.82 Å². The highest BCUT2D eigenvalue weighted by atomic mass is 19.2. The Kier molecular flexibility index (Phi) is 2.79. The highest BCUT2D eigenvalue weighted by Crippen LogP contribution is 2.17. The summed E-state index contributed by atoms with van der Waals surface area (Å²) in [5.74, 6) is -2.76. The van der Waals surface area contributed by atoms with E-state index in [1.54, 1.807) is 6.92 Å². The largest absolute Gasteiger partial charge is 0.384 e. The summed E-state index contributed by atoms with van der Waals surface area (Å²) in [7, 11) is 0. The van der Waals surface area contributed by atoms with Crippen molar-refractivity contribution in [3.8, 4) is 0 Å². The summed E-state index contributed by atoms with van der Waals surface area (Å²) in [6.45, 7) is 1.71. The summed E-state index contributed by atoms with van der Waals surface area (Å²) < 4.78 is 40.4. The quantitative estimate of drug-likeness (QED) is 0.819. The van der Waals surface area contributed by atoms with Crippen molar-refractivity contribution in [2.45, 2.75) is 13.5 Å². The molecule has 2 rings (SSSR count). The molecule has 0 saturated heterocycles. The first-order chi connectivity index (χ1) is 7.99. The van der Waals surface area contributed by atoms with Crippen molar-refractivity contribution in [1.29, 1.82) is 0 Å². The van der Waals surface area contributed by atoms with E-state index in [4.69, 9.17) is 5.73 Å². The molecule has 0 fully saturated rings. The van der Waals surface area contributed by atoms with Gasteiger partial charge >= 0.3 is 0 Å². The van der Waals surface area contributed by atoms with Crippen LogP contribution in [0.5, 0.6) is 0 Å². The zero-order valence-electron chi connectivity index (χ0n) is 9.04. The molecular weight excluding hydrogens is 231 g/mol. The van der Waals surface area contributed by atoms with Gasteiger partial charge < -0.3 is 5.73 Å². The summed E-state index contributed by atoms with van der Waals surface area (Å²) in [5.41, 5.74) is 6.42. The third-order valence-electron chi connectivity index (χ3n) is 2.48. The van der Waals surface area contributed by atoms with Gasteiger partial charge in [0, 0.05) is 17.2 Å². The van der Waals surface area contributed by atoms with Crippen LogP contribution in [0.3, 0.4) is 0 Å². The summed E-state index contributed by atoms with van der Waals surface area (Å²) in [5, 5.41) is 3.91.